The van der Waals surface area contributed by atoms with E-state index < -0.39 is 0 Å². The first-order valence-electron chi connectivity index (χ1n) is 8.46. The Morgan fingerprint density at radius 2 is 2.09 bits per heavy atom. The predicted octanol–water partition coefficient (Wildman–Crippen LogP) is 0.762. The van der Waals surface area contributed by atoms with Crippen molar-refractivity contribution in [2.45, 2.75) is 44.2 Å². The summed E-state index contributed by atoms with van der Waals surface area (Å²) in [5.74, 6) is 0.228. The first-order valence-corrected chi connectivity index (χ1v) is 8.46. The molecule has 0 spiro atoms. The maximum absolute atomic E-state index is 11.7. The van der Waals surface area contributed by atoms with Gasteiger partial charge in [-0.25, -0.2) is 0 Å². The van der Waals surface area contributed by atoms with Crippen LogP contribution in [0.25, 0.3) is 0 Å². The predicted molar refractivity (Wildman–Crippen MR) is 85.9 cm³/mol. The molecule has 7 heteroatoms. The Bertz CT molecular complexity index is 551. The van der Waals surface area contributed by atoms with Crippen molar-refractivity contribution in [3.8, 4) is 0 Å². The first-order chi connectivity index (χ1) is 11.1. The number of nitrogens with zero attached hydrogens (tertiary/aromatic N) is 5. The molecule has 1 aliphatic carbocycles. The summed E-state index contributed by atoms with van der Waals surface area (Å²) in [5.41, 5.74) is 2.23. The van der Waals surface area contributed by atoms with Gasteiger partial charge in [0.1, 0.15) is 12.3 Å². The third kappa shape index (κ3) is 3.55. The van der Waals surface area contributed by atoms with Crippen molar-refractivity contribution in [3.05, 3.63) is 11.4 Å². The maximum atomic E-state index is 11.7. The summed E-state index contributed by atoms with van der Waals surface area (Å²) in [6.45, 7) is 2.53. The molecule has 2 aliphatic rings. The van der Waals surface area contributed by atoms with Crippen molar-refractivity contribution in [2.24, 2.45) is 7.05 Å². The van der Waals surface area contributed by atoms with E-state index in [4.69, 9.17) is 4.74 Å². The van der Waals surface area contributed by atoms with Crippen LogP contribution in [0.2, 0.25) is 0 Å². The minimum Gasteiger partial charge on any atom is -0.371 e. The number of aromatic nitrogens is 3. The minimum absolute atomic E-state index is 0.00295. The van der Waals surface area contributed by atoms with Crippen LogP contribution in [0.4, 0.5) is 0 Å². The second-order valence-corrected chi connectivity index (χ2v) is 6.91. The molecule has 1 amide bonds. The number of carbonyl (C=O) groups is 1. The monoisotopic (exact) mass is 321 g/mol. The zero-order valence-corrected chi connectivity index (χ0v) is 14.4. The molecule has 0 saturated heterocycles. The molecular formula is C16H27N5O2. The molecule has 3 rings (SSSR count). The summed E-state index contributed by atoms with van der Waals surface area (Å²) < 4.78 is 7.57. The second kappa shape index (κ2) is 6.97. The first kappa shape index (κ1) is 16.4. The molecule has 1 atom stereocenters. The average molecular weight is 321 g/mol. The SMILES string of the molecule is CN(C)C(=O)COCC1CN(C2CCCC2)Cc2nnn(C)c21. The number of likely N-dealkylation sites (N-methyl/N-ethyl adjacent to an activating group) is 1. The van der Waals surface area contributed by atoms with E-state index in [0.29, 0.717) is 12.6 Å². The van der Waals surface area contributed by atoms with Crippen LogP contribution in [0.15, 0.2) is 0 Å². The largest absolute Gasteiger partial charge is 0.371 e. The Labute approximate surface area is 137 Å². The van der Waals surface area contributed by atoms with Gasteiger partial charge < -0.3 is 9.64 Å². The normalized spacial score (nSPS) is 22.3. The number of ether oxygens (including phenoxy) is 1. The lowest BCUT2D eigenvalue weighted by atomic mass is 9.97. The Kier molecular flexibility index (Phi) is 4.96. The molecule has 7 nitrogen and oxygen atoms in total. The molecule has 23 heavy (non-hydrogen) atoms. The molecule has 1 saturated carbocycles. The van der Waals surface area contributed by atoms with Crippen molar-refractivity contribution in [2.75, 3.05) is 33.9 Å². The van der Waals surface area contributed by atoms with E-state index >= 15 is 0 Å². The van der Waals surface area contributed by atoms with Crippen LogP contribution >= 0.6 is 0 Å². The van der Waals surface area contributed by atoms with Gasteiger partial charge in [0.25, 0.3) is 0 Å². The molecule has 2 heterocycles. The van der Waals surface area contributed by atoms with Crippen molar-refractivity contribution < 1.29 is 9.53 Å². The van der Waals surface area contributed by atoms with Gasteiger partial charge >= 0.3 is 0 Å². The Morgan fingerprint density at radius 1 is 1.35 bits per heavy atom. The number of amides is 1. The van der Waals surface area contributed by atoms with Gasteiger partial charge in [-0.2, -0.15) is 0 Å². The molecule has 1 aliphatic heterocycles. The summed E-state index contributed by atoms with van der Waals surface area (Å²) in [4.78, 5) is 15.8. The summed E-state index contributed by atoms with van der Waals surface area (Å²) in [6.07, 6.45) is 5.21. The average Bonchev–Trinajstić information content (AvgIpc) is 3.17. The number of aryl methyl sites for hydroxylation is 1. The Balaban J connectivity index is 1.66. The third-order valence-electron chi connectivity index (χ3n) is 5.02. The van der Waals surface area contributed by atoms with Gasteiger partial charge in [0.2, 0.25) is 5.91 Å². The third-order valence-corrected chi connectivity index (χ3v) is 5.02. The lowest BCUT2D eigenvalue weighted by Crippen LogP contribution is -2.41. The van der Waals surface area contributed by atoms with E-state index in [0.717, 1.165) is 24.5 Å². The van der Waals surface area contributed by atoms with Gasteiger partial charge in [0, 0.05) is 46.2 Å². The van der Waals surface area contributed by atoms with Crippen molar-refractivity contribution in [1.82, 2.24) is 24.8 Å². The summed E-state index contributed by atoms with van der Waals surface area (Å²) >= 11 is 0. The van der Waals surface area contributed by atoms with Crippen LogP contribution in [0.1, 0.15) is 43.0 Å². The zero-order valence-electron chi connectivity index (χ0n) is 14.4. The second-order valence-electron chi connectivity index (χ2n) is 6.91. The van der Waals surface area contributed by atoms with Gasteiger partial charge in [-0.3, -0.25) is 14.4 Å². The van der Waals surface area contributed by atoms with E-state index in [1.54, 1.807) is 19.0 Å². The van der Waals surface area contributed by atoms with Gasteiger partial charge in [-0.1, -0.05) is 18.1 Å². The van der Waals surface area contributed by atoms with Crippen LogP contribution < -0.4 is 0 Å². The molecule has 128 valence electrons. The van der Waals surface area contributed by atoms with E-state index in [2.05, 4.69) is 15.2 Å². The number of hydrogen-bond acceptors (Lipinski definition) is 5. The van der Waals surface area contributed by atoms with E-state index in [1.165, 1.54) is 25.7 Å². The van der Waals surface area contributed by atoms with Crippen molar-refractivity contribution >= 4 is 5.91 Å². The number of carbonyl (C=O) groups excluding carboxylic acids is 1. The molecule has 0 bridgehead atoms. The molecule has 1 aromatic heterocycles. The Morgan fingerprint density at radius 3 is 2.78 bits per heavy atom. The summed E-state index contributed by atoms with van der Waals surface area (Å²) in [5, 5.41) is 8.53. The quantitative estimate of drug-likeness (QED) is 0.801. The molecule has 1 fully saturated rings. The van der Waals surface area contributed by atoms with E-state index in [9.17, 15) is 4.79 Å². The maximum Gasteiger partial charge on any atom is 0.248 e. The van der Waals surface area contributed by atoms with Crippen molar-refractivity contribution in [1.29, 1.82) is 0 Å². The van der Waals surface area contributed by atoms with Crippen molar-refractivity contribution in [3.63, 3.8) is 0 Å². The highest BCUT2D eigenvalue weighted by Crippen LogP contribution is 2.32. The number of fused-ring (bicyclic) bond motifs is 1. The topological polar surface area (TPSA) is 63.5 Å². The highest BCUT2D eigenvalue weighted by atomic mass is 16.5. The summed E-state index contributed by atoms with van der Waals surface area (Å²) in [6, 6.07) is 0.663. The van der Waals surface area contributed by atoms with Gasteiger partial charge in [-0.05, 0) is 12.8 Å². The van der Waals surface area contributed by atoms with Gasteiger partial charge in [-0.15, -0.1) is 5.10 Å². The fourth-order valence-corrected chi connectivity index (χ4v) is 3.74. The standard InChI is InChI=1S/C16H27N5O2/c1-19(2)15(22)11-23-10-12-8-21(13-6-4-5-7-13)9-14-16(12)20(3)18-17-14/h12-13H,4-11H2,1-3H3. The lowest BCUT2D eigenvalue weighted by molar-refractivity contribution is -0.133. The fraction of sp³-hybridized carbons (Fsp3) is 0.812. The van der Waals surface area contributed by atoms with Crippen LogP contribution in [0.5, 0.6) is 0 Å². The minimum atomic E-state index is -0.00295. The highest BCUT2D eigenvalue weighted by Gasteiger charge is 2.34. The zero-order chi connectivity index (χ0) is 16.4. The smallest absolute Gasteiger partial charge is 0.248 e. The van der Waals surface area contributed by atoms with Crippen LogP contribution in [0.3, 0.4) is 0 Å². The molecular weight excluding hydrogens is 294 g/mol. The fourth-order valence-electron chi connectivity index (χ4n) is 3.74. The molecule has 0 aromatic carbocycles. The number of hydrogen-bond donors (Lipinski definition) is 0. The van der Waals surface area contributed by atoms with Gasteiger partial charge in [0.05, 0.1) is 12.3 Å². The van der Waals surface area contributed by atoms with Crippen LogP contribution in [-0.2, 0) is 23.1 Å². The number of rotatable bonds is 5. The van der Waals surface area contributed by atoms with E-state index in [-0.39, 0.29) is 18.4 Å². The van der Waals surface area contributed by atoms with E-state index in [1.807, 2.05) is 11.7 Å². The summed E-state index contributed by atoms with van der Waals surface area (Å²) in [7, 11) is 5.43. The molecule has 0 N–H and O–H groups in total. The molecule has 0 radical (unpaired) electrons. The Hall–Kier alpha value is -1.47. The molecule has 1 aromatic rings. The molecule has 1 unspecified atom stereocenters. The lowest BCUT2D eigenvalue weighted by Gasteiger charge is -2.36. The van der Waals surface area contributed by atoms with Gasteiger partial charge in [0.15, 0.2) is 0 Å². The highest BCUT2D eigenvalue weighted by molar-refractivity contribution is 5.76. The van der Waals surface area contributed by atoms with Crippen LogP contribution in [0, 0.1) is 0 Å². The van der Waals surface area contributed by atoms with Crippen LogP contribution in [-0.4, -0.2) is 70.6 Å².